The van der Waals surface area contributed by atoms with Crippen LogP contribution in [0.2, 0.25) is 0 Å². The van der Waals surface area contributed by atoms with E-state index in [9.17, 15) is 17.6 Å². The lowest BCUT2D eigenvalue weighted by Crippen LogP contribution is -2.01. The highest BCUT2D eigenvalue weighted by molar-refractivity contribution is 5.88. The summed E-state index contributed by atoms with van der Waals surface area (Å²) in [6.45, 7) is 0. The largest absolute Gasteiger partial charge is 0.298 e. The molecule has 0 saturated heterocycles. The van der Waals surface area contributed by atoms with E-state index >= 15 is 0 Å². The van der Waals surface area contributed by atoms with Crippen LogP contribution in [0.4, 0.5) is 17.6 Å². The second kappa shape index (κ2) is 19.4. The van der Waals surface area contributed by atoms with Gasteiger partial charge in [0.25, 0.3) is 0 Å². The van der Waals surface area contributed by atoms with Crippen molar-refractivity contribution in [2.75, 3.05) is 0 Å². The number of benzene rings is 7. The summed E-state index contributed by atoms with van der Waals surface area (Å²) >= 11 is 0. The lowest BCUT2D eigenvalue weighted by Gasteiger charge is -2.16. The van der Waals surface area contributed by atoms with E-state index in [0.717, 1.165) is 73.5 Å². The van der Waals surface area contributed by atoms with E-state index in [0.29, 0.717) is 34.4 Å². The van der Waals surface area contributed by atoms with E-state index in [-0.39, 0.29) is 11.1 Å². The normalized spacial score (nSPS) is 11.2. The number of aromatic nitrogens is 7. The zero-order valence-corrected chi connectivity index (χ0v) is 39.2. The fourth-order valence-corrected chi connectivity index (χ4v) is 9.32. The first-order valence-electron chi connectivity index (χ1n) is 23.7. The summed E-state index contributed by atoms with van der Waals surface area (Å²) < 4.78 is 60.9. The minimum absolute atomic E-state index is 0.183. The topological polar surface area (TPSA) is 74.3 Å². The van der Waals surface area contributed by atoms with Gasteiger partial charge >= 0.3 is 0 Å². The van der Waals surface area contributed by atoms with Crippen molar-refractivity contribution in [3.05, 3.63) is 261 Å². The van der Waals surface area contributed by atoms with Crippen LogP contribution in [-0.4, -0.2) is 34.1 Å². The standard InChI is InChI=1S/C63H39F4N7/c64-49-18-22-55(57(66)35-49)60-25-20-51(38-71-60)73-29-27-68-62(73)47-32-46(33-48(34-47)63-69-28-30-74(63)52-21-26-61(72-39-52)56-23-19-50(65)36-58(56)67)54-12-5-4-11-53(54)45-17-24-59(70-37-45)44-10-6-9-43(31-44)42-15-13-41(14-16-42)40-7-2-1-3-8-40/h1-39H. The molecule has 7 nitrogen and oxygen atoms in total. The molecule has 0 amide bonds. The van der Waals surface area contributed by atoms with E-state index in [4.69, 9.17) is 15.0 Å². The van der Waals surface area contributed by atoms with Crippen molar-refractivity contribution in [2.24, 2.45) is 0 Å². The minimum atomic E-state index is -0.705. The van der Waals surface area contributed by atoms with Gasteiger partial charge in [0, 0.05) is 76.5 Å². The van der Waals surface area contributed by atoms with Gasteiger partial charge in [0.05, 0.1) is 40.9 Å². The highest BCUT2D eigenvalue weighted by Crippen LogP contribution is 2.39. The van der Waals surface area contributed by atoms with Crippen LogP contribution >= 0.6 is 0 Å². The first-order valence-corrected chi connectivity index (χ1v) is 23.7. The molecule has 0 atom stereocenters. The Bertz CT molecular complexity index is 3830. The maximum atomic E-state index is 14.8. The van der Waals surface area contributed by atoms with Crippen LogP contribution in [-0.2, 0) is 0 Å². The molecule has 354 valence electrons. The van der Waals surface area contributed by atoms with E-state index in [1.165, 1.54) is 29.8 Å². The molecule has 0 aliphatic heterocycles. The maximum Gasteiger partial charge on any atom is 0.144 e. The van der Waals surface area contributed by atoms with Crippen LogP contribution in [0, 0.1) is 23.3 Å². The third kappa shape index (κ3) is 8.94. The Morgan fingerprint density at radius 3 is 1.26 bits per heavy atom. The van der Waals surface area contributed by atoms with E-state index in [2.05, 4.69) is 101 Å². The van der Waals surface area contributed by atoms with Crippen molar-refractivity contribution in [3.8, 4) is 112 Å². The van der Waals surface area contributed by atoms with Crippen molar-refractivity contribution in [1.29, 1.82) is 0 Å². The molecule has 5 heterocycles. The van der Waals surface area contributed by atoms with E-state index in [1.54, 1.807) is 36.9 Å². The van der Waals surface area contributed by atoms with Gasteiger partial charge < -0.3 is 0 Å². The van der Waals surface area contributed by atoms with Gasteiger partial charge in [0.15, 0.2) is 0 Å². The molecule has 7 aromatic carbocycles. The molecule has 0 bridgehead atoms. The fraction of sp³-hybridized carbons (Fsp3) is 0. The minimum Gasteiger partial charge on any atom is -0.298 e. The quantitative estimate of drug-likeness (QED) is 0.121. The van der Waals surface area contributed by atoms with Gasteiger partial charge in [-0.2, -0.15) is 0 Å². The zero-order chi connectivity index (χ0) is 50.1. The number of hydrogen-bond donors (Lipinski definition) is 0. The molecule has 0 aliphatic carbocycles. The monoisotopic (exact) mass is 969 g/mol. The van der Waals surface area contributed by atoms with Gasteiger partial charge in [-0.05, 0) is 118 Å². The van der Waals surface area contributed by atoms with E-state index in [1.807, 2.05) is 82.3 Å². The molecule has 0 saturated carbocycles. The average molecular weight is 970 g/mol. The summed E-state index contributed by atoms with van der Waals surface area (Å²) in [5, 5.41) is 0. The van der Waals surface area contributed by atoms with E-state index < -0.39 is 23.3 Å². The summed E-state index contributed by atoms with van der Waals surface area (Å²) in [5.41, 5.74) is 14.0. The molecule has 0 unspecified atom stereocenters. The molecule has 12 aromatic rings. The Kier molecular flexibility index (Phi) is 11.9. The van der Waals surface area contributed by atoms with Gasteiger partial charge in [-0.25, -0.2) is 27.5 Å². The molecule has 0 aliphatic rings. The van der Waals surface area contributed by atoms with Crippen LogP contribution in [0.3, 0.4) is 0 Å². The summed E-state index contributed by atoms with van der Waals surface area (Å²) in [6.07, 6.45) is 12.2. The van der Waals surface area contributed by atoms with Crippen molar-refractivity contribution in [2.45, 2.75) is 0 Å². The van der Waals surface area contributed by atoms with Crippen molar-refractivity contribution in [3.63, 3.8) is 0 Å². The summed E-state index contributed by atoms with van der Waals surface area (Å²) in [7, 11) is 0. The van der Waals surface area contributed by atoms with Gasteiger partial charge in [-0.1, -0.05) is 103 Å². The van der Waals surface area contributed by atoms with Crippen LogP contribution in [0.1, 0.15) is 0 Å². The lowest BCUT2D eigenvalue weighted by atomic mass is 9.92. The molecule has 12 rings (SSSR count). The number of imidazole rings is 2. The van der Waals surface area contributed by atoms with Gasteiger partial charge in [0.1, 0.15) is 34.9 Å². The van der Waals surface area contributed by atoms with Gasteiger partial charge in [-0.15, -0.1) is 0 Å². The van der Waals surface area contributed by atoms with Crippen LogP contribution < -0.4 is 0 Å². The second-order valence-electron chi connectivity index (χ2n) is 17.6. The number of rotatable bonds is 11. The smallest absolute Gasteiger partial charge is 0.144 e. The Morgan fingerprint density at radius 1 is 0.284 bits per heavy atom. The number of hydrogen-bond acceptors (Lipinski definition) is 5. The number of halogens is 4. The zero-order valence-electron chi connectivity index (χ0n) is 39.2. The predicted molar refractivity (Wildman–Crippen MR) is 283 cm³/mol. The molecule has 5 aromatic heterocycles. The summed E-state index contributed by atoms with van der Waals surface area (Å²) in [5.74, 6) is -1.55. The van der Waals surface area contributed by atoms with Crippen molar-refractivity contribution < 1.29 is 17.6 Å². The first kappa shape index (κ1) is 45.3. The molecule has 0 radical (unpaired) electrons. The van der Waals surface area contributed by atoms with Gasteiger partial charge in [-0.3, -0.25) is 24.1 Å². The highest BCUT2D eigenvalue weighted by Gasteiger charge is 2.19. The Morgan fingerprint density at radius 2 is 0.730 bits per heavy atom. The first-order chi connectivity index (χ1) is 36.3. The molecular weight excluding hydrogens is 931 g/mol. The molecule has 0 fully saturated rings. The van der Waals surface area contributed by atoms with Gasteiger partial charge in [0.2, 0.25) is 0 Å². The third-order valence-corrected chi connectivity index (χ3v) is 13.0. The Hall–Kier alpha value is -9.87. The van der Waals surface area contributed by atoms with Crippen molar-refractivity contribution in [1.82, 2.24) is 34.1 Å². The highest BCUT2D eigenvalue weighted by atomic mass is 19.1. The molecule has 0 N–H and O–H groups in total. The molecule has 0 spiro atoms. The van der Waals surface area contributed by atoms with Crippen LogP contribution in [0.15, 0.2) is 238 Å². The second-order valence-corrected chi connectivity index (χ2v) is 17.6. The molecule has 11 heteroatoms. The summed E-state index contributed by atoms with van der Waals surface area (Å²) in [4.78, 5) is 23.8. The molecule has 74 heavy (non-hydrogen) atoms. The summed E-state index contributed by atoms with van der Waals surface area (Å²) in [6, 6.07) is 59.7. The maximum absolute atomic E-state index is 14.8. The lowest BCUT2D eigenvalue weighted by molar-refractivity contribution is 0.584. The van der Waals surface area contributed by atoms with Crippen molar-refractivity contribution >= 4 is 0 Å². The van der Waals surface area contributed by atoms with Crippen LogP contribution in [0.5, 0.6) is 0 Å². The Balaban J connectivity index is 0.915. The Labute approximate surface area is 423 Å². The SMILES string of the molecule is Fc1ccc(-c2ccc(-n3ccnc3-c3cc(-c4ccccc4-c4ccc(-c5cccc(-c6ccc(-c7ccccc7)cc6)c5)nc4)cc(-c4nccn4-c4ccc(-c5ccc(F)cc5F)nc4)c3)cn2)c(F)c1. The fourth-order valence-electron chi connectivity index (χ4n) is 9.32. The average Bonchev–Trinajstić information content (AvgIpc) is 4.16. The van der Waals surface area contributed by atoms with Crippen LogP contribution in [0.25, 0.3) is 112 Å². The predicted octanol–water partition coefficient (Wildman–Crippen LogP) is 15.8. The third-order valence-electron chi connectivity index (χ3n) is 13.0. The number of pyridine rings is 3. The molecular formula is C63H39F4N7. The number of nitrogens with zero attached hydrogens (tertiary/aromatic N) is 7.